The van der Waals surface area contributed by atoms with Crippen molar-refractivity contribution in [2.45, 2.75) is 23.9 Å². The quantitative estimate of drug-likeness (QED) is 0.502. The van der Waals surface area contributed by atoms with Gasteiger partial charge in [-0.25, -0.2) is 4.79 Å². The number of amides is 2. The topological polar surface area (TPSA) is 122 Å². The van der Waals surface area contributed by atoms with Crippen molar-refractivity contribution >= 4 is 35.5 Å². The third-order valence-corrected chi connectivity index (χ3v) is 6.20. The summed E-state index contributed by atoms with van der Waals surface area (Å²) in [6, 6.07) is 6.70. The van der Waals surface area contributed by atoms with E-state index in [4.69, 9.17) is 9.47 Å². The van der Waals surface area contributed by atoms with Gasteiger partial charge in [-0.3, -0.25) is 14.4 Å². The fourth-order valence-electron chi connectivity index (χ4n) is 3.62. The van der Waals surface area contributed by atoms with Crippen LogP contribution >= 0.6 is 11.8 Å². The van der Waals surface area contributed by atoms with Crippen LogP contribution in [0.15, 0.2) is 41.3 Å². The van der Waals surface area contributed by atoms with Gasteiger partial charge in [0.05, 0.1) is 12.5 Å². The maximum absolute atomic E-state index is 12.6. The van der Waals surface area contributed by atoms with Gasteiger partial charge in [-0.2, -0.15) is 0 Å². The van der Waals surface area contributed by atoms with Crippen molar-refractivity contribution in [1.82, 2.24) is 10.2 Å². The van der Waals surface area contributed by atoms with Crippen LogP contribution in [0.5, 0.6) is 5.75 Å². The smallest absolute Gasteiger partial charge is 0.330 e. The minimum atomic E-state index is -1.24. The number of para-hydroxylation sites is 1. The predicted molar refractivity (Wildman–Crippen MR) is 101 cm³/mol. The van der Waals surface area contributed by atoms with Gasteiger partial charge >= 0.3 is 11.9 Å². The molecule has 2 amide bonds. The van der Waals surface area contributed by atoms with Crippen molar-refractivity contribution in [3.05, 3.63) is 41.3 Å². The zero-order chi connectivity index (χ0) is 20.5. The second-order valence-corrected chi connectivity index (χ2v) is 7.78. The number of rotatable bonds is 6. The monoisotopic (exact) mass is 418 g/mol. The van der Waals surface area contributed by atoms with Crippen molar-refractivity contribution in [2.75, 3.05) is 13.2 Å². The van der Waals surface area contributed by atoms with Crippen LogP contribution < -0.4 is 10.1 Å². The van der Waals surface area contributed by atoms with Gasteiger partial charge in [0, 0.05) is 0 Å². The van der Waals surface area contributed by atoms with Crippen molar-refractivity contribution < 1.29 is 33.8 Å². The second kappa shape index (κ2) is 7.78. The minimum absolute atomic E-state index is 0.231. The van der Waals surface area contributed by atoms with Crippen LogP contribution in [0.1, 0.15) is 6.42 Å². The molecule has 0 bridgehead atoms. The molecule has 29 heavy (non-hydrogen) atoms. The molecule has 3 heterocycles. The highest BCUT2D eigenvalue weighted by Gasteiger charge is 2.57. The Morgan fingerprint density at radius 3 is 2.69 bits per heavy atom. The summed E-state index contributed by atoms with van der Waals surface area (Å²) in [6.45, 7) is -0.0299. The van der Waals surface area contributed by atoms with Crippen molar-refractivity contribution in [3.63, 3.8) is 0 Å². The number of nitrogens with one attached hydrogen (secondary N) is 1. The highest BCUT2D eigenvalue weighted by Crippen LogP contribution is 2.43. The molecule has 1 aromatic carbocycles. The number of cyclic esters (lactones) is 1. The first-order valence-electron chi connectivity index (χ1n) is 9.01. The lowest BCUT2D eigenvalue weighted by molar-refractivity contribution is -0.160. The van der Waals surface area contributed by atoms with Gasteiger partial charge in [0.2, 0.25) is 5.91 Å². The number of aliphatic carboxylic acids is 1. The lowest BCUT2D eigenvalue weighted by Gasteiger charge is -2.51. The maximum atomic E-state index is 12.6. The molecule has 1 aromatic rings. The lowest BCUT2D eigenvalue weighted by atomic mass is 9.89. The van der Waals surface area contributed by atoms with Crippen LogP contribution in [0, 0.1) is 5.92 Å². The molecular weight excluding hydrogens is 400 g/mol. The van der Waals surface area contributed by atoms with Crippen LogP contribution in [-0.4, -0.2) is 64.4 Å². The number of thioether (sulfide) groups is 1. The Bertz CT molecular complexity index is 888. The summed E-state index contributed by atoms with van der Waals surface area (Å²) in [5.41, 5.74) is 0.354. The third kappa shape index (κ3) is 3.55. The molecular formula is C19H18N2O7S. The van der Waals surface area contributed by atoms with E-state index in [9.17, 15) is 24.3 Å². The summed E-state index contributed by atoms with van der Waals surface area (Å²) in [5.74, 6) is -2.80. The number of fused-ring (bicyclic) bond motifs is 1. The summed E-state index contributed by atoms with van der Waals surface area (Å²) in [5, 5.41) is 13.3. The van der Waals surface area contributed by atoms with Gasteiger partial charge in [-0.05, 0) is 29.5 Å². The van der Waals surface area contributed by atoms with Crippen LogP contribution in [0.3, 0.4) is 0 Å². The molecule has 2 unspecified atom stereocenters. The first-order valence-corrected chi connectivity index (χ1v) is 9.96. The summed E-state index contributed by atoms with van der Waals surface area (Å²) in [7, 11) is 0. The number of carbonyl (C=O) groups is 4. The van der Waals surface area contributed by atoms with Crippen LogP contribution in [0.4, 0.5) is 0 Å². The third-order valence-electron chi connectivity index (χ3n) is 5.02. The van der Waals surface area contributed by atoms with Gasteiger partial charge in [0.1, 0.15) is 17.2 Å². The normalized spacial score (nSPS) is 28.0. The Morgan fingerprint density at radius 2 is 2.03 bits per heavy atom. The Kier molecular flexibility index (Phi) is 5.18. The van der Waals surface area contributed by atoms with Crippen LogP contribution in [0.2, 0.25) is 0 Å². The van der Waals surface area contributed by atoms with E-state index in [-0.39, 0.29) is 13.2 Å². The minimum Gasteiger partial charge on any atom is -0.484 e. The summed E-state index contributed by atoms with van der Waals surface area (Å²) in [6.07, 6.45) is 0.388. The Labute approximate surface area is 170 Å². The molecule has 0 radical (unpaired) electrons. The summed E-state index contributed by atoms with van der Waals surface area (Å²) >= 11 is 1.22. The lowest BCUT2D eigenvalue weighted by Crippen LogP contribution is -2.74. The number of hydrogen-bond acceptors (Lipinski definition) is 7. The fourth-order valence-corrected chi connectivity index (χ4v) is 4.91. The molecule has 9 nitrogen and oxygen atoms in total. The van der Waals surface area contributed by atoms with Crippen molar-refractivity contribution in [2.24, 2.45) is 5.92 Å². The van der Waals surface area contributed by atoms with Crippen molar-refractivity contribution in [1.29, 1.82) is 0 Å². The Hall–Kier alpha value is -3.01. The van der Waals surface area contributed by atoms with Gasteiger partial charge in [-0.1, -0.05) is 18.2 Å². The molecule has 152 valence electrons. The zero-order valence-corrected chi connectivity index (χ0v) is 16.0. The maximum Gasteiger partial charge on any atom is 0.330 e. The van der Waals surface area contributed by atoms with Gasteiger partial charge in [0.25, 0.3) is 5.91 Å². The molecule has 0 aromatic heterocycles. The molecule has 4 atom stereocenters. The van der Waals surface area contributed by atoms with Gasteiger partial charge in [0.15, 0.2) is 12.6 Å². The number of carboxylic acid groups (broad SMARTS) is 1. The highest BCUT2D eigenvalue weighted by molar-refractivity contribution is 8.03. The SMILES string of the molecule is O=C(COc1ccccc1)N[C@@H]1C(=O)N2C(C(=O)O)C(C3CCOC3=O)=CS[C@H]12. The number of ether oxygens (including phenoxy) is 2. The highest BCUT2D eigenvalue weighted by atomic mass is 32.2. The zero-order valence-electron chi connectivity index (χ0n) is 15.1. The second-order valence-electron chi connectivity index (χ2n) is 6.79. The molecule has 2 N–H and O–H groups in total. The molecule has 0 spiro atoms. The van der Waals surface area contributed by atoms with Crippen molar-refractivity contribution in [3.8, 4) is 5.75 Å². The molecule has 0 saturated carbocycles. The van der Waals surface area contributed by atoms with E-state index in [1.807, 2.05) is 6.07 Å². The van der Waals surface area contributed by atoms with E-state index in [0.29, 0.717) is 17.7 Å². The Balaban J connectivity index is 1.42. The molecule has 3 aliphatic heterocycles. The predicted octanol–water partition coefficient (Wildman–Crippen LogP) is 0.366. The number of carboxylic acids is 1. The summed E-state index contributed by atoms with van der Waals surface area (Å²) < 4.78 is 10.3. The molecule has 10 heteroatoms. The van der Waals surface area contributed by atoms with Crippen LogP contribution in [-0.2, 0) is 23.9 Å². The molecule has 3 aliphatic rings. The standard InChI is InChI=1S/C19H18N2O7S/c22-13(8-28-10-4-2-1-3-5-10)20-14-16(23)21-15(18(24)25)12(9-29-17(14)21)11-6-7-27-19(11)26/h1-5,9,11,14-15,17H,6-8H2,(H,20,22)(H,24,25)/t11?,14-,15?,17-/m1/s1. The average Bonchev–Trinajstić information content (AvgIpc) is 3.15. The number of β-lactam (4-membered cyclic amide) rings is 1. The molecule has 0 aliphatic carbocycles. The van der Waals surface area contributed by atoms with E-state index in [2.05, 4.69) is 5.32 Å². The number of hydrogen-bond donors (Lipinski definition) is 2. The van der Waals surface area contributed by atoms with E-state index in [1.165, 1.54) is 16.7 Å². The average molecular weight is 418 g/mol. The fraction of sp³-hybridized carbons (Fsp3) is 0.368. The number of benzene rings is 1. The number of esters is 1. The Morgan fingerprint density at radius 1 is 1.28 bits per heavy atom. The van der Waals surface area contributed by atoms with Gasteiger partial charge in [-0.15, -0.1) is 11.8 Å². The first kappa shape index (κ1) is 19.3. The van der Waals surface area contributed by atoms with E-state index in [1.54, 1.807) is 29.7 Å². The van der Waals surface area contributed by atoms with Crippen LogP contribution in [0.25, 0.3) is 0 Å². The molecule has 2 saturated heterocycles. The van der Waals surface area contributed by atoms with E-state index < -0.39 is 47.1 Å². The first-order chi connectivity index (χ1) is 14.0. The summed E-state index contributed by atoms with van der Waals surface area (Å²) in [4.78, 5) is 49.7. The molecule has 2 fully saturated rings. The number of carbonyl (C=O) groups excluding carboxylic acids is 3. The molecule has 4 rings (SSSR count). The van der Waals surface area contributed by atoms with Gasteiger partial charge < -0.3 is 24.8 Å². The van der Waals surface area contributed by atoms with E-state index >= 15 is 0 Å². The van der Waals surface area contributed by atoms with E-state index in [0.717, 1.165) is 0 Å². The number of nitrogens with zero attached hydrogens (tertiary/aromatic N) is 1. The largest absolute Gasteiger partial charge is 0.484 e.